The summed E-state index contributed by atoms with van der Waals surface area (Å²) in [5.74, 6) is -2.38. The highest BCUT2D eigenvalue weighted by Crippen LogP contribution is 2.14. The molecule has 2 atom stereocenters. The fourth-order valence-corrected chi connectivity index (χ4v) is 8.81. The second-order valence-corrected chi connectivity index (χ2v) is 24.1. The zero-order chi connectivity index (χ0) is 67.5. The monoisotopic (exact) mass is 1280 g/mol. The van der Waals surface area contributed by atoms with E-state index >= 15 is 0 Å². The predicted octanol–water partition coefficient (Wildman–Crippen LogP) is 21.6. The summed E-state index contributed by atoms with van der Waals surface area (Å²) in [7, 11) is 5.90. The molecule has 9 nitrogen and oxygen atoms in total. The Morgan fingerprint density at radius 2 is 0.581 bits per heavy atom. The number of ether oxygens (including phenoxy) is 4. The van der Waals surface area contributed by atoms with Crippen LogP contribution in [0, 0.1) is 0 Å². The number of aliphatic carboxylic acids is 1. The molecule has 9 heteroatoms. The molecule has 0 aliphatic heterocycles. The SMILES string of the molecule is CC/C=C\C/C=C\C/C=C\C/C=C\C/C=C\C/C=C\C/C=C\C/C=C\C/C=C\C/C=C\C/C=C\C/C=C\CCCCC(=O)OC(COC(=O)CCCCCCCCCCCC/C=C\C/C=C\C/C=C\C/C=C\C/C=C\C/C=C\CC)COC(OCC[N+](C)(C)C)C(=O)[O-]. The molecular formula is C84H129NO8. The van der Waals surface area contributed by atoms with Crippen molar-refractivity contribution < 1.29 is 42.9 Å². The summed E-state index contributed by atoms with van der Waals surface area (Å²) >= 11 is 0. The van der Waals surface area contributed by atoms with E-state index in [2.05, 4.69) is 233 Å². The van der Waals surface area contributed by atoms with Crippen molar-refractivity contribution in [2.75, 3.05) is 47.5 Å². The van der Waals surface area contributed by atoms with Crippen molar-refractivity contribution in [3.63, 3.8) is 0 Å². The van der Waals surface area contributed by atoms with Crippen LogP contribution < -0.4 is 5.11 Å². The van der Waals surface area contributed by atoms with Crippen LogP contribution in [0.25, 0.3) is 0 Å². The van der Waals surface area contributed by atoms with Gasteiger partial charge in [0.2, 0.25) is 0 Å². The lowest BCUT2D eigenvalue weighted by Gasteiger charge is -2.26. The van der Waals surface area contributed by atoms with E-state index in [9.17, 15) is 19.5 Å². The Morgan fingerprint density at radius 3 is 0.882 bits per heavy atom. The molecule has 0 aromatic heterocycles. The van der Waals surface area contributed by atoms with E-state index in [1.54, 1.807) is 0 Å². The van der Waals surface area contributed by atoms with Gasteiger partial charge in [-0.25, -0.2) is 0 Å². The summed E-state index contributed by atoms with van der Waals surface area (Å²) in [5, 5.41) is 11.8. The van der Waals surface area contributed by atoms with Crippen LogP contribution in [0.2, 0.25) is 0 Å². The van der Waals surface area contributed by atoms with E-state index < -0.39 is 24.3 Å². The number of likely N-dealkylation sites (N-methyl/N-ethyl adjacent to an activating group) is 1. The quantitative estimate of drug-likeness (QED) is 0.0195. The van der Waals surface area contributed by atoms with Gasteiger partial charge in [0, 0.05) is 12.8 Å². The maximum atomic E-state index is 12.9. The largest absolute Gasteiger partial charge is 0.545 e. The maximum absolute atomic E-state index is 12.9. The lowest BCUT2D eigenvalue weighted by atomic mass is 10.1. The Bertz CT molecular complexity index is 2330. The molecule has 0 aliphatic carbocycles. The van der Waals surface area contributed by atoms with Crippen LogP contribution in [-0.2, 0) is 33.3 Å². The molecule has 0 spiro atoms. The van der Waals surface area contributed by atoms with Crippen LogP contribution >= 0.6 is 0 Å². The molecule has 0 fully saturated rings. The van der Waals surface area contributed by atoms with Crippen molar-refractivity contribution in [3.8, 4) is 0 Å². The molecule has 0 aliphatic rings. The number of nitrogens with zero attached hydrogens (tertiary/aromatic N) is 1. The first-order valence-electron chi connectivity index (χ1n) is 35.9. The molecule has 93 heavy (non-hydrogen) atoms. The third-order valence-electron chi connectivity index (χ3n) is 14.2. The van der Waals surface area contributed by atoms with E-state index in [-0.39, 0.29) is 38.6 Å². The summed E-state index contributed by atoms with van der Waals surface area (Å²) in [5.41, 5.74) is 0. The standard InChI is InChI=1S/C84H129NO8/c1-6-8-10-12-14-16-18-20-22-24-26-28-30-32-34-36-37-38-39-40-41-42-43-44-45-47-49-51-53-55-57-59-61-63-65-67-69-71-73-75-82(87)93-80(79-92-84(83(88)89)90-77-76-85(3,4)5)78-91-81(86)74-72-70-68-66-64-62-60-58-56-54-52-50-48-46-35-33-31-29-27-25-23-21-19-17-15-13-11-9-7-2/h8-11,14-17,20-23,26-29,32-35,37-38,40-41,43-44,47-50,53,55,59,61,65,67,80,84H,6-7,12-13,18-19,24-25,30-31,36,39,42,45-46,51-52,54,56-58,60,62-64,66,68-79H2,1-5H3/b10-8-,11-9-,16-14-,17-15-,22-20-,23-21-,28-26-,29-27-,34-32-,35-33-,38-37-,41-40-,44-43-,49-47-,50-48-,55-53-,61-59-,67-65-. The minimum Gasteiger partial charge on any atom is -0.545 e. The summed E-state index contributed by atoms with van der Waals surface area (Å²) < 4.78 is 22.7. The van der Waals surface area contributed by atoms with Crippen LogP contribution in [0.15, 0.2) is 219 Å². The average molecular weight is 1280 g/mol. The molecule has 0 bridgehead atoms. The molecule has 518 valence electrons. The number of rotatable bonds is 63. The summed E-state index contributed by atoms with van der Waals surface area (Å²) in [4.78, 5) is 37.5. The van der Waals surface area contributed by atoms with Crippen LogP contribution in [0.4, 0.5) is 0 Å². The van der Waals surface area contributed by atoms with Gasteiger partial charge in [-0.15, -0.1) is 0 Å². The highest BCUT2D eigenvalue weighted by atomic mass is 16.7. The number of carboxylic acids is 1. The van der Waals surface area contributed by atoms with Gasteiger partial charge >= 0.3 is 11.9 Å². The molecule has 0 aromatic rings. The first kappa shape index (κ1) is 86.6. The Hall–Kier alpha value is -6.39. The smallest absolute Gasteiger partial charge is 0.306 e. The number of unbranched alkanes of at least 4 members (excludes halogenated alkanes) is 12. The molecule has 0 saturated carbocycles. The summed E-state index contributed by atoms with van der Waals surface area (Å²) in [6, 6.07) is 0. The second-order valence-electron chi connectivity index (χ2n) is 24.1. The van der Waals surface area contributed by atoms with Crippen molar-refractivity contribution in [2.45, 2.75) is 245 Å². The molecular weight excluding hydrogens is 1150 g/mol. The lowest BCUT2D eigenvalue weighted by molar-refractivity contribution is -0.870. The number of carboxylic acid groups (broad SMARTS) is 1. The van der Waals surface area contributed by atoms with E-state index in [1.165, 1.54) is 38.5 Å². The van der Waals surface area contributed by atoms with Gasteiger partial charge < -0.3 is 33.3 Å². The molecule has 0 radical (unpaired) electrons. The van der Waals surface area contributed by atoms with Crippen LogP contribution in [-0.4, -0.2) is 82.3 Å². The van der Waals surface area contributed by atoms with Gasteiger partial charge in [0.25, 0.3) is 0 Å². The number of quaternary nitrogens is 1. The fraction of sp³-hybridized carbons (Fsp3) is 0.536. The van der Waals surface area contributed by atoms with Gasteiger partial charge in [0.15, 0.2) is 12.4 Å². The molecule has 0 saturated heterocycles. The first-order chi connectivity index (χ1) is 45.6. The summed E-state index contributed by atoms with van der Waals surface area (Å²) in [6.45, 7) is 4.43. The normalized spacial score (nSPS) is 14.0. The Balaban J connectivity index is 4.30. The van der Waals surface area contributed by atoms with Crippen molar-refractivity contribution in [1.29, 1.82) is 0 Å². The first-order valence-corrected chi connectivity index (χ1v) is 35.9. The molecule has 0 amide bonds. The Morgan fingerprint density at radius 1 is 0.323 bits per heavy atom. The molecule has 0 rings (SSSR count). The Kier molecular flexibility index (Phi) is 66.5. The fourth-order valence-electron chi connectivity index (χ4n) is 8.81. The third-order valence-corrected chi connectivity index (χ3v) is 14.2. The van der Waals surface area contributed by atoms with Crippen molar-refractivity contribution in [1.82, 2.24) is 0 Å². The summed E-state index contributed by atoms with van der Waals surface area (Å²) in [6.07, 6.45) is 110. The lowest BCUT2D eigenvalue weighted by Crippen LogP contribution is -2.44. The minimum atomic E-state index is -1.65. The van der Waals surface area contributed by atoms with Gasteiger partial charge in [0.1, 0.15) is 13.2 Å². The van der Waals surface area contributed by atoms with Crippen LogP contribution in [0.3, 0.4) is 0 Å². The van der Waals surface area contributed by atoms with Gasteiger partial charge in [-0.3, -0.25) is 9.59 Å². The molecule has 2 unspecified atom stereocenters. The zero-order valence-electron chi connectivity index (χ0n) is 59.0. The van der Waals surface area contributed by atoms with Crippen LogP contribution in [0.1, 0.15) is 232 Å². The number of hydrogen-bond donors (Lipinski definition) is 0. The van der Waals surface area contributed by atoms with E-state index in [0.29, 0.717) is 23.9 Å². The van der Waals surface area contributed by atoms with Gasteiger partial charge in [-0.2, -0.15) is 0 Å². The number of carbonyl (C=O) groups is 3. The van der Waals surface area contributed by atoms with Gasteiger partial charge in [-0.05, 0) is 154 Å². The minimum absolute atomic E-state index is 0.126. The molecule has 0 aromatic carbocycles. The van der Waals surface area contributed by atoms with E-state index in [0.717, 1.165) is 154 Å². The zero-order valence-corrected chi connectivity index (χ0v) is 59.0. The van der Waals surface area contributed by atoms with Crippen molar-refractivity contribution >= 4 is 17.9 Å². The topological polar surface area (TPSA) is 111 Å². The number of carbonyl (C=O) groups excluding carboxylic acids is 3. The van der Waals surface area contributed by atoms with E-state index in [1.807, 2.05) is 21.1 Å². The van der Waals surface area contributed by atoms with Gasteiger partial charge in [-0.1, -0.05) is 284 Å². The number of allylic oxidation sites excluding steroid dienone is 36. The highest BCUT2D eigenvalue weighted by Gasteiger charge is 2.22. The van der Waals surface area contributed by atoms with Crippen molar-refractivity contribution in [2.24, 2.45) is 0 Å². The van der Waals surface area contributed by atoms with E-state index in [4.69, 9.17) is 18.9 Å². The molecule has 0 heterocycles. The third kappa shape index (κ3) is 72.9. The number of esters is 2. The predicted molar refractivity (Wildman–Crippen MR) is 397 cm³/mol. The molecule has 0 N–H and O–H groups in total. The second kappa shape index (κ2) is 71.5. The maximum Gasteiger partial charge on any atom is 0.306 e. The number of hydrogen-bond acceptors (Lipinski definition) is 8. The average Bonchev–Trinajstić information content (AvgIpc) is 3.38. The van der Waals surface area contributed by atoms with Crippen molar-refractivity contribution in [3.05, 3.63) is 219 Å². The Labute approximate surface area is 568 Å². The van der Waals surface area contributed by atoms with Gasteiger partial charge in [0.05, 0.1) is 40.3 Å². The van der Waals surface area contributed by atoms with Crippen LogP contribution in [0.5, 0.6) is 0 Å². The highest BCUT2D eigenvalue weighted by molar-refractivity contribution is 5.70.